The molecule has 0 aliphatic carbocycles. The maximum absolute atomic E-state index is 15.3. The molecule has 9 heteroatoms. The van der Waals surface area contributed by atoms with Crippen molar-refractivity contribution in [2.45, 2.75) is 65.0 Å². The number of aryl methyl sites for hydroxylation is 2. The van der Waals surface area contributed by atoms with E-state index in [1.54, 1.807) is 29.8 Å². The molecule has 2 amide bonds. The summed E-state index contributed by atoms with van der Waals surface area (Å²) in [7, 11) is 0. The summed E-state index contributed by atoms with van der Waals surface area (Å²) < 4.78 is 17.0. The lowest BCUT2D eigenvalue weighted by atomic mass is 9.80. The number of nitrogens with one attached hydrogen (secondary N) is 1. The average molecular weight is 453 g/mol. The summed E-state index contributed by atoms with van der Waals surface area (Å²) in [6.07, 6.45) is 6.10. The molecule has 0 bridgehead atoms. The van der Waals surface area contributed by atoms with Gasteiger partial charge in [0.05, 0.1) is 11.2 Å². The molecule has 33 heavy (non-hydrogen) atoms. The SMILES string of the molecule is CCCCCc1ccc(C2(C)CC(c3ccn(CC)n3)=C(N3N=NCC3=O)C(=O)N2)c(F)c1. The predicted octanol–water partition coefficient (Wildman–Crippen LogP) is 4.13. The van der Waals surface area contributed by atoms with E-state index in [-0.39, 0.29) is 24.5 Å². The molecule has 3 heterocycles. The summed E-state index contributed by atoms with van der Waals surface area (Å²) in [6.45, 7) is 6.43. The van der Waals surface area contributed by atoms with Gasteiger partial charge in [-0.2, -0.15) is 15.2 Å². The highest BCUT2D eigenvalue weighted by Gasteiger charge is 2.43. The molecular formula is C24H29FN6O2. The number of hydrogen-bond donors (Lipinski definition) is 1. The Morgan fingerprint density at radius 2 is 2.00 bits per heavy atom. The Bertz CT molecular complexity index is 1140. The largest absolute Gasteiger partial charge is 0.341 e. The Labute approximate surface area is 192 Å². The lowest BCUT2D eigenvalue weighted by Crippen LogP contribution is -2.51. The van der Waals surface area contributed by atoms with Crippen LogP contribution in [0.4, 0.5) is 4.39 Å². The smallest absolute Gasteiger partial charge is 0.272 e. The van der Waals surface area contributed by atoms with Gasteiger partial charge in [0.2, 0.25) is 0 Å². The molecule has 1 unspecified atom stereocenters. The second-order valence-electron chi connectivity index (χ2n) is 8.71. The second kappa shape index (κ2) is 9.25. The Morgan fingerprint density at radius 1 is 1.18 bits per heavy atom. The highest BCUT2D eigenvalue weighted by Crippen LogP contribution is 2.40. The van der Waals surface area contributed by atoms with E-state index in [0.29, 0.717) is 23.4 Å². The summed E-state index contributed by atoms with van der Waals surface area (Å²) in [4.78, 5) is 25.6. The predicted molar refractivity (Wildman–Crippen MR) is 121 cm³/mol. The van der Waals surface area contributed by atoms with E-state index in [2.05, 4.69) is 27.7 Å². The summed E-state index contributed by atoms with van der Waals surface area (Å²) in [5, 5.41) is 16.1. The first kappa shape index (κ1) is 22.8. The van der Waals surface area contributed by atoms with Crippen molar-refractivity contribution in [3.63, 3.8) is 0 Å². The topological polar surface area (TPSA) is 92.0 Å². The highest BCUT2D eigenvalue weighted by atomic mass is 19.1. The van der Waals surface area contributed by atoms with E-state index in [4.69, 9.17) is 0 Å². The number of nitrogens with zero attached hydrogens (tertiary/aromatic N) is 5. The van der Waals surface area contributed by atoms with Crippen molar-refractivity contribution in [1.29, 1.82) is 0 Å². The monoisotopic (exact) mass is 452 g/mol. The van der Waals surface area contributed by atoms with Crippen LogP contribution in [0.15, 0.2) is 46.5 Å². The first-order chi connectivity index (χ1) is 15.9. The van der Waals surface area contributed by atoms with Crippen molar-refractivity contribution in [2.75, 3.05) is 6.54 Å². The average Bonchev–Trinajstić information content (AvgIpc) is 3.42. The number of carbonyl (C=O) groups excluding carboxylic acids is 2. The molecule has 0 fully saturated rings. The Hall–Kier alpha value is -3.36. The summed E-state index contributed by atoms with van der Waals surface area (Å²) in [5.74, 6) is -1.25. The summed E-state index contributed by atoms with van der Waals surface area (Å²) in [6, 6.07) is 7.04. The molecule has 1 atom stereocenters. The Balaban J connectivity index is 1.74. The van der Waals surface area contributed by atoms with Crippen LogP contribution in [0.25, 0.3) is 5.57 Å². The summed E-state index contributed by atoms with van der Waals surface area (Å²) >= 11 is 0. The van der Waals surface area contributed by atoms with Gasteiger partial charge >= 0.3 is 0 Å². The molecule has 4 rings (SSSR count). The number of halogens is 1. The molecule has 2 aliphatic rings. The number of aromatic nitrogens is 2. The minimum absolute atomic E-state index is 0.0941. The van der Waals surface area contributed by atoms with Crippen LogP contribution in [0, 0.1) is 5.82 Å². The fourth-order valence-electron chi connectivity index (χ4n) is 4.41. The van der Waals surface area contributed by atoms with Gasteiger partial charge in [-0.1, -0.05) is 37.1 Å². The molecule has 174 valence electrons. The third kappa shape index (κ3) is 4.44. The maximum atomic E-state index is 15.3. The van der Waals surface area contributed by atoms with Crippen LogP contribution < -0.4 is 5.32 Å². The number of hydrogen-bond acceptors (Lipinski definition) is 5. The lowest BCUT2D eigenvalue weighted by Gasteiger charge is -2.38. The van der Waals surface area contributed by atoms with Crippen LogP contribution >= 0.6 is 0 Å². The number of unbranched alkanes of at least 4 members (excludes halogenated alkanes) is 2. The highest BCUT2D eigenvalue weighted by molar-refractivity contribution is 6.06. The maximum Gasteiger partial charge on any atom is 0.272 e. The van der Waals surface area contributed by atoms with Gasteiger partial charge in [0, 0.05) is 30.3 Å². The van der Waals surface area contributed by atoms with Gasteiger partial charge in [-0.15, -0.1) is 0 Å². The molecular weight excluding hydrogens is 423 g/mol. The molecule has 8 nitrogen and oxygen atoms in total. The van der Waals surface area contributed by atoms with Crippen molar-refractivity contribution in [3.8, 4) is 0 Å². The van der Waals surface area contributed by atoms with Crippen LogP contribution in [-0.4, -0.2) is 33.1 Å². The number of benzene rings is 1. The minimum atomic E-state index is -1.02. The zero-order valence-electron chi connectivity index (χ0n) is 19.3. The number of rotatable bonds is 8. The van der Waals surface area contributed by atoms with Gasteiger partial charge < -0.3 is 5.32 Å². The first-order valence-electron chi connectivity index (χ1n) is 11.4. The van der Waals surface area contributed by atoms with Crippen molar-refractivity contribution < 1.29 is 14.0 Å². The molecule has 0 spiro atoms. The van der Waals surface area contributed by atoms with Crippen molar-refractivity contribution >= 4 is 17.4 Å². The molecule has 2 aromatic rings. The van der Waals surface area contributed by atoms with Crippen LogP contribution in [0.1, 0.15) is 63.3 Å². The standard InChI is InChI=1S/C24H29FN6O2/c1-4-6-7-8-16-9-10-18(19(25)13-16)24(3)14-17(20-11-12-30(5-2)28-20)22(23(33)27-24)31-21(32)15-26-29-31/h9-13H,4-8,14-15H2,1-3H3,(H,27,33). The number of carbonyl (C=O) groups is 2. The van der Waals surface area contributed by atoms with Crippen LogP contribution in [-0.2, 0) is 28.1 Å². The van der Waals surface area contributed by atoms with Gasteiger partial charge in [0.25, 0.3) is 11.8 Å². The fraction of sp³-hybridized carbons (Fsp3) is 0.458. The van der Waals surface area contributed by atoms with Crippen molar-refractivity contribution in [2.24, 2.45) is 10.3 Å². The quantitative estimate of drug-likeness (QED) is 0.611. The lowest BCUT2D eigenvalue weighted by molar-refractivity contribution is -0.130. The Morgan fingerprint density at radius 3 is 2.64 bits per heavy atom. The third-order valence-electron chi connectivity index (χ3n) is 6.20. The van der Waals surface area contributed by atoms with Gasteiger partial charge in [0.15, 0.2) is 0 Å². The van der Waals surface area contributed by atoms with Crippen LogP contribution in [0.3, 0.4) is 0 Å². The minimum Gasteiger partial charge on any atom is -0.341 e. The molecule has 1 N–H and O–H groups in total. The molecule has 1 aromatic heterocycles. The molecule has 0 saturated heterocycles. The number of amides is 2. The zero-order chi connectivity index (χ0) is 23.6. The van der Waals surface area contributed by atoms with Gasteiger partial charge in [0.1, 0.15) is 18.1 Å². The van der Waals surface area contributed by atoms with Crippen LogP contribution in [0.2, 0.25) is 0 Å². The fourth-order valence-corrected chi connectivity index (χ4v) is 4.41. The van der Waals surface area contributed by atoms with Gasteiger partial charge in [-0.25, -0.2) is 4.39 Å². The zero-order valence-corrected chi connectivity index (χ0v) is 19.3. The van der Waals surface area contributed by atoms with E-state index in [1.807, 2.05) is 19.2 Å². The third-order valence-corrected chi connectivity index (χ3v) is 6.20. The van der Waals surface area contributed by atoms with Crippen molar-refractivity contribution in [3.05, 3.63) is 58.8 Å². The molecule has 0 saturated carbocycles. The normalized spacial score (nSPS) is 20.7. The van der Waals surface area contributed by atoms with E-state index in [9.17, 15) is 9.59 Å². The van der Waals surface area contributed by atoms with E-state index >= 15 is 4.39 Å². The molecule has 1 aromatic carbocycles. The van der Waals surface area contributed by atoms with E-state index in [1.165, 1.54) is 0 Å². The second-order valence-corrected chi connectivity index (χ2v) is 8.71. The van der Waals surface area contributed by atoms with E-state index < -0.39 is 17.4 Å². The van der Waals surface area contributed by atoms with Crippen molar-refractivity contribution in [1.82, 2.24) is 20.1 Å². The van der Waals surface area contributed by atoms with E-state index in [0.717, 1.165) is 36.3 Å². The summed E-state index contributed by atoms with van der Waals surface area (Å²) in [5.41, 5.74) is 1.51. The first-order valence-corrected chi connectivity index (χ1v) is 11.4. The molecule has 0 radical (unpaired) electrons. The van der Waals surface area contributed by atoms with Gasteiger partial charge in [-0.05, 0) is 44.4 Å². The van der Waals surface area contributed by atoms with Gasteiger partial charge in [-0.3, -0.25) is 14.3 Å². The Kier molecular flexibility index (Phi) is 6.40. The molecule has 2 aliphatic heterocycles. The van der Waals surface area contributed by atoms with Crippen LogP contribution in [0.5, 0.6) is 0 Å².